The number of thiophene rings is 1. The van der Waals surface area contributed by atoms with Crippen LogP contribution >= 0.6 is 11.3 Å². The topological polar surface area (TPSA) is 59.5 Å². The van der Waals surface area contributed by atoms with Crippen molar-refractivity contribution in [2.75, 3.05) is 51.4 Å². The van der Waals surface area contributed by atoms with Crippen LogP contribution in [-0.4, -0.2) is 67.0 Å². The molecule has 4 heterocycles. The maximum Gasteiger partial charge on any atom is 0.147 e. The molecule has 7 heteroatoms. The fourth-order valence-electron chi connectivity index (χ4n) is 3.48. The quantitative estimate of drug-likeness (QED) is 0.900. The number of ether oxygens (including phenoxy) is 2. The molecular formula is C16H22N4O2S. The molecule has 2 atom stereocenters. The maximum atomic E-state index is 5.63. The summed E-state index contributed by atoms with van der Waals surface area (Å²) in [6, 6.07) is 2.50. The fourth-order valence-corrected chi connectivity index (χ4v) is 4.29. The molecule has 0 amide bonds. The standard InChI is InChI=1S/C16H22N4O2S/c1-5-22-10-12(1)14(20-3-6-21-7-4-20)9-17-16-15-13(2-8-23-15)18-11-19-16/h2,8,11-12,14H,1,3-7,9-10H2,(H,17,18,19). The van der Waals surface area contributed by atoms with Crippen molar-refractivity contribution in [3.05, 3.63) is 17.8 Å². The molecule has 2 saturated heterocycles. The number of fused-ring (bicyclic) bond motifs is 1. The van der Waals surface area contributed by atoms with Gasteiger partial charge in [0.2, 0.25) is 0 Å². The van der Waals surface area contributed by atoms with Gasteiger partial charge in [0.05, 0.1) is 30.0 Å². The Balaban J connectivity index is 1.49. The lowest BCUT2D eigenvalue weighted by molar-refractivity contribution is 0.00460. The molecule has 0 aromatic carbocycles. The van der Waals surface area contributed by atoms with Gasteiger partial charge in [0, 0.05) is 38.2 Å². The highest BCUT2D eigenvalue weighted by Crippen LogP contribution is 2.27. The van der Waals surface area contributed by atoms with E-state index in [9.17, 15) is 0 Å². The summed E-state index contributed by atoms with van der Waals surface area (Å²) in [5, 5.41) is 5.63. The van der Waals surface area contributed by atoms with E-state index in [1.165, 1.54) is 0 Å². The predicted molar refractivity (Wildman–Crippen MR) is 91.0 cm³/mol. The van der Waals surface area contributed by atoms with Crippen LogP contribution in [0.25, 0.3) is 10.2 Å². The number of aromatic nitrogens is 2. The molecule has 2 fully saturated rings. The largest absolute Gasteiger partial charge is 0.381 e. The summed E-state index contributed by atoms with van der Waals surface area (Å²) in [5.41, 5.74) is 1.01. The maximum absolute atomic E-state index is 5.63. The minimum atomic E-state index is 0.464. The molecule has 0 spiro atoms. The predicted octanol–water partition coefficient (Wildman–Crippen LogP) is 1.84. The molecule has 0 aliphatic carbocycles. The second kappa shape index (κ2) is 7.09. The normalized spacial score (nSPS) is 24.1. The van der Waals surface area contributed by atoms with Crippen molar-refractivity contribution in [2.24, 2.45) is 5.92 Å². The van der Waals surface area contributed by atoms with E-state index in [0.29, 0.717) is 12.0 Å². The molecule has 2 aliphatic rings. The molecule has 2 aromatic heterocycles. The van der Waals surface area contributed by atoms with Crippen LogP contribution in [0, 0.1) is 5.92 Å². The van der Waals surface area contributed by atoms with Crippen molar-refractivity contribution in [2.45, 2.75) is 12.5 Å². The van der Waals surface area contributed by atoms with Gasteiger partial charge in [0.25, 0.3) is 0 Å². The first kappa shape index (κ1) is 15.3. The van der Waals surface area contributed by atoms with E-state index < -0.39 is 0 Å². The molecule has 2 aromatic rings. The number of hydrogen-bond donors (Lipinski definition) is 1. The molecule has 0 saturated carbocycles. The van der Waals surface area contributed by atoms with Gasteiger partial charge in [0.15, 0.2) is 0 Å². The highest BCUT2D eigenvalue weighted by molar-refractivity contribution is 7.17. The Bertz CT molecular complexity index is 638. The summed E-state index contributed by atoms with van der Waals surface area (Å²) in [5.74, 6) is 1.53. The average Bonchev–Trinajstić information content (AvgIpc) is 3.28. The van der Waals surface area contributed by atoms with E-state index >= 15 is 0 Å². The van der Waals surface area contributed by atoms with Crippen LogP contribution in [0.15, 0.2) is 17.8 Å². The molecular weight excluding hydrogens is 312 g/mol. The fraction of sp³-hybridized carbons (Fsp3) is 0.625. The minimum absolute atomic E-state index is 0.464. The number of hydrogen-bond acceptors (Lipinski definition) is 7. The molecule has 23 heavy (non-hydrogen) atoms. The van der Waals surface area contributed by atoms with E-state index in [-0.39, 0.29) is 0 Å². The van der Waals surface area contributed by atoms with Gasteiger partial charge in [0.1, 0.15) is 12.1 Å². The first-order chi connectivity index (χ1) is 11.4. The Morgan fingerprint density at radius 1 is 1.26 bits per heavy atom. The van der Waals surface area contributed by atoms with E-state index in [0.717, 1.165) is 68.5 Å². The molecule has 2 unspecified atom stereocenters. The first-order valence-corrected chi connectivity index (χ1v) is 9.11. The van der Waals surface area contributed by atoms with Crippen molar-refractivity contribution in [3.8, 4) is 0 Å². The lowest BCUT2D eigenvalue weighted by atomic mass is 9.97. The van der Waals surface area contributed by atoms with Gasteiger partial charge in [-0.05, 0) is 17.9 Å². The zero-order valence-corrected chi connectivity index (χ0v) is 13.9. The van der Waals surface area contributed by atoms with Gasteiger partial charge in [-0.1, -0.05) is 0 Å². The number of rotatable bonds is 5. The average molecular weight is 334 g/mol. The third kappa shape index (κ3) is 3.33. The minimum Gasteiger partial charge on any atom is -0.381 e. The van der Waals surface area contributed by atoms with Crippen molar-refractivity contribution in [3.63, 3.8) is 0 Å². The van der Waals surface area contributed by atoms with Crippen LogP contribution in [0.2, 0.25) is 0 Å². The zero-order valence-electron chi connectivity index (χ0n) is 13.1. The number of anilines is 1. The van der Waals surface area contributed by atoms with Crippen molar-refractivity contribution in [1.82, 2.24) is 14.9 Å². The molecule has 124 valence electrons. The van der Waals surface area contributed by atoms with Crippen molar-refractivity contribution < 1.29 is 9.47 Å². The lowest BCUT2D eigenvalue weighted by Crippen LogP contribution is -2.50. The monoisotopic (exact) mass is 334 g/mol. The van der Waals surface area contributed by atoms with Gasteiger partial charge in [-0.15, -0.1) is 11.3 Å². The number of nitrogens with zero attached hydrogens (tertiary/aromatic N) is 3. The zero-order chi connectivity index (χ0) is 15.5. The second-order valence-electron chi connectivity index (χ2n) is 6.08. The van der Waals surface area contributed by atoms with Crippen LogP contribution in [0.5, 0.6) is 0 Å². The van der Waals surface area contributed by atoms with E-state index in [2.05, 4.69) is 25.6 Å². The third-order valence-corrected chi connectivity index (χ3v) is 5.66. The molecule has 0 bridgehead atoms. The Kier molecular flexibility index (Phi) is 4.70. The molecule has 4 rings (SSSR count). The SMILES string of the molecule is c1nc(NCC(C2CCOC2)N2CCOCC2)c2sccc2n1. The third-order valence-electron chi connectivity index (χ3n) is 4.75. The lowest BCUT2D eigenvalue weighted by Gasteiger charge is -2.37. The van der Waals surface area contributed by atoms with Crippen LogP contribution in [0.4, 0.5) is 5.82 Å². The van der Waals surface area contributed by atoms with Crippen LogP contribution < -0.4 is 5.32 Å². The molecule has 1 N–H and O–H groups in total. The molecule has 0 radical (unpaired) electrons. The van der Waals surface area contributed by atoms with Gasteiger partial charge >= 0.3 is 0 Å². The Hall–Kier alpha value is -1.28. The van der Waals surface area contributed by atoms with Crippen LogP contribution in [-0.2, 0) is 9.47 Å². The first-order valence-electron chi connectivity index (χ1n) is 8.23. The summed E-state index contributed by atoms with van der Waals surface area (Å²) in [4.78, 5) is 11.3. The highest BCUT2D eigenvalue weighted by atomic mass is 32.1. The summed E-state index contributed by atoms with van der Waals surface area (Å²) >= 11 is 1.69. The summed E-state index contributed by atoms with van der Waals surface area (Å²) < 4.78 is 12.3. The summed E-state index contributed by atoms with van der Waals surface area (Å²) in [6.45, 7) is 6.29. The molecule has 6 nitrogen and oxygen atoms in total. The van der Waals surface area contributed by atoms with Crippen LogP contribution in [0.3, 0.4) is 0 Å². The van der Waals surface area contributed by atoms with Crippen molar-refractivity contribution in [1.29, 1.82) is 0 Å². The summed E-state index contributed by atoms with van der Waals surface area (Å²) in [6.07, 6.45) is 2.78. The van der Waals surface area contributed by atoms with E-state index in [1.807, 2.05) is 6.07 Å². The highest BCUT2D eigenvalue weighted by Gasteiger charge is 2.31. The number of nitrogens with one attached hydrogen (secondary N) is 1. The van der Waals surface area contributed by atoms with E-state index in [1.54, 1.807) is 17.7 Å². The molecule has 2 aliphatic heterocycles. The Morgan fingerprint density at radius 3 is 3.00 bits per heavy atom. The summed E-state index contributed by atoms with van der Waals surface area (Å²) in [7, 11) is 0. The Labute approximate surface area is 139 Å². The number of morpholine rings is 1. The van der Waals surface area contributed by atoms with Crippen molar-refractivity contribution >= 4 is 27.4 Å². The van der Waals surface area contributed by atoms with E-state index in [4.69, 9.17) is 9.47 Å². The smallest absolute Gasteiger partial charge is 0.147 e. The van der Waals surface area contributed by atoms with Gasteiger partial charge in [-0.3, -0.25) is 4.90 Å². The second-order valence-corrected chi connectivity index (χ2v) is 6.99. The Morgan fingerprint density at radius 2 is 2.17 bits per heavy atom. The van der Waals surface area contributed by atoms with Gasteiger partial charge < -0.3 is 14.8 Å². The van der Waals surface area contributed by atoms with Gasteiger partial charge in [-0.25, -0.2) is 9.97 Å². The van der Waals surface area contributed by atoms with Crippen LogP contribution in [0.1, 0.15) is 6.42 Å². The van der Waals surface area contributed by atoms with Gasteiger partial charge in [-0.2, -0.15) is 0 Å².